The summed E-state index contributed by atoms with van der Waals surface area (Å²) in [6, 6.07) is 11.0. The Hall–Kier alpha value is -2.36. The van der Waals surface area contributed by atoms with Crippen LogP contribution in [0.25, 0.3) is 0 Å². The molecule has 0 N–H and O–H groups in total. The number of piperazine rings is 1. The molecule has 8 nitrogen and oxygen atoms in total. The maximum absolute atomic E-state index is 12.8. The van der Waals surface area contributed by atoms with Gasteiger partial charge in [0.1, 0.15) is 17.3 Å². The molecule has 2 aliphatic heterocycles. The lowest BCUT2D eigenvalue weighted by Gasteiger charge is -2.31. The van der Waals surface area contributed by atoms with Crippen molar-refractivity contribution in [2.45, 2.75) is 11.0 Å². The van der Waals surface area contributed by atoms with Gasteiger partial charge in [-0.25, -0.2) is 13.4 Å². The van der Waals surface area contributed by atoms with Crippen LogP contribution in [0.1, 0.15) is 0 Å². The Balaban J connectivity index is 1.40. The zero-order valence-corrected chi connectivity index (χ0v) is 17.5. The Morgan fingerprint density at radius 1 is 1.10 bits per heavy atom. The van der Waals surface area contributed by atoms with E-state index in [1.165, 1.54) is 10.5 Å². The summed E-state index contributed by atoms with van der Waals surface area (Å²) in [5.41, 5.74) is 0. The van der Waals surface area contributed by atoms with Gasteiger partial charge in [0.15, 0.2) is 17.6 Å². The molecule has 29 heavy (non-hydrogen) atoms. The highest BCUT2D eigenvalue weighted by Crippen LogP contribution is 2.31. The van der Waals surface area contributed by atoms with Crippen LogP contribution in [0.3, 0.4) is 0 Å². The zero-order chi connectivity index (χ0) is 20.4. The van der Waals surface area contributed by atoms with Gasteiger partial charge in [-0.3, -0.25) is 0 Å². The van der Waals surface area contributed by atoms with E-state index in [2.05, 4.69) is 9.88 Å². The Kier molecular flexibility index (Phi) is 5.62. The first kappa shape index (κ1) is 19.9. The second kappa shape index (κ2) is 8.17. The monoisotopic (exact) mass is 418 g/mol. The number of pyridine rings is 1. The molecule has 1 aromatic carbocycles. The number of hydrogen-bond acceptors (Lipinski definition) is 7. The van der Waals surface area contributed by atoms with E-state index in [9.17, 15) is 8.42 Å². The number of ether oxygens (including phenoxy) is 2. The molecule has 9 heteroatoms. The fourth-order valence-electron chi connectivity index (χ4n) is 3.48. The summed E-state index contributed by atoms with van der Waals surface area (Å²) in [6.07, 6.45) is 1.30. The molecule has 0 bridgehead atoms. The van der Waals surface area contributed by atoms with Gasteiger partial charge in [0.2, 0.25) is 10.0 Å². The number of aromatic nitrogens is 1. The molecule has 0 amide bonds. The summed E-state index contributed by atoms with van der Waals surface area (Å²) in [4.78, 5) is 8.67. The van der Waals surface area contributed by atoms with Gasteiger partial charge in [-0.15, -0.1) is 0 Å². The highest BCUT2D eigenvalue weighted by atomic mass is 32.2. The summed E-state index contributed by atoms with van der Waals surface area (Å²) < 4.78 is 38.9. The minimum atomic E-state index is -3.51. The lowest BCUT2D eigenvalue weighted by atomic mass is 10.2. The third-order valence-electron chi connectivity index (χ3n) is 5.26. The number of sulfonamides is 1. The highest BCUT2D eigenvalue weighted by molar-refractivity contribution is 7.89. The quantitative estimate of drug-likeness (QED) is 0.724. The molecular weight excluding hydrogens is 392 g/mol. The van der Waals surface area contributed by atoms with Crippen LogP contribution in [-0.4, -0.2) is 82.1 Å². The van der Waals surface area contributed by atoms with Crippen LogP contribution in [0.4, 0.5) is 5.82 Å². The lowest BCUT2D eigenvalue weighted by molar-refractivity contribution is 0.0959. The molecule has 3 heterocycles. The Morgan fingerprint density at radius 3 is 2.52 bits per heavy atom. The molecule has 2 aromatic rings. The van der Waals surface area contributed by atoms with Crippen LogP contribution in [0, 0.1) is 0 Å². The molecule has 0 spiro atoms. The predicted octanol–water partition coefficient (Wildman–Crippen LogP) is 1.29. The fraction of sp³-hybridized carbons (Fsp3) is 0.450. The first-order valence-corrected chi connectivity index (χ1v) is 11.1. The van der Waals surface area contributed by atoms with Crippen LogP contribution in [0.15, 0.2) is 47.5 Å². The molecular formula is C20H26N4O4S. The average Bonchev–Trinajstić information content (AvgIpc) is 2.74. The van der Waals surface area contributed by atoms with Gasteiger partial charge in [0.25, 0.3) is 0 Å². The van der Waals surface area contributed by atoms with Gasteiger partial charge in [-0.1, -0.05) is 12.1 Å². The van der Waals surface area contributed by atoms with Gasteiger partial charge in [0.05, 0.1) is 6.54 Å². The third-order valence-corrected chi connectivity index (χ3v) is 7.14. The third kappa shape index (κ3) is 4.31. The molecule has 4 rings (SSSR count). The van der Waals surface area contributed by atoms with Gasteiger partial charge in [-0.2, -0.15) is 4.31 Å². The van der Waals surface area contributed by atoms with E-state index in [0.717, 1.165) is 24.6 Å². The first-order valence-electron chi connectivity index (χ1n) is 9.68. The number of fused-ring (bicyclic) bond motifs is 1. The maximum atomic E-state index is 12.8. The second-order valence-corrected chi connectivity index (χ2v) is 9.38. The van der Waals surface area contributed by atoms with Crippen molar-refractivity contribution in [3.05, 3.63) is 42.6 Å². The van der Waals surface area contributed by atoms with Crippen molar-refractivity contribution in [3.8, 4) is 11.5 Å². The lowest BCUT2D eigenvalue weighted by Crippen LogP contribution is -2.47. The van der Waals surface area contributed by atoms with Crippen molar-refractivity contribution in [1.82, 2.24) is 14.2 Å². The summed E-state index contributed by atoms with van der Waals surface area (Å²) >= 11 is 0. The van der Waals surface area contributed by atoms with Crippen molar-refractivity contribution >= 4 is 15.8 Å². The zero-order valence-electron chi connectivity index (χ0n) is 16.7. The maximum Gasteiger partial charge on any atom is 0.244 e. The summed E-state index contributed by atoms with van der Waals surface area (Å²) in [6.45, 7) is 3.51. The summed E-state index contributed by atoms with van der Waals surface area (Å²) in [5.74, 6) is 2.17. The van der Waals surface area contributed by atoms with E-state index in [1.807, 2.05) is 43.3 Å². The van der Waals surface area contributed by atoms with Crippen molar-refractivity contribution < 1.29 is 17.9 Å². The van der Waals surface area contributed by atoms with Crippen LogP contribution in [0.2, 0.25) is 0 Å². The van der Waals surface area contributed by atoms with Crippen LogP contribution < -0.4 is 14.4 Å². The molecule has 0 saturated carbocycles. The first-order chi connectivity index (χ1) is 13.9. The largest absolute Gasteiger partial charge is 0.486 e. The van der Waals surface area contributed by atoms with E-state index in [0.29, 0.717) is 32.1 Å². The molecule has 1 saturated heterocycles. The normalized spacial score (nSPS) is 20.4. The van der Waals surface area contributed by atoms with Crippen LogP contribution in [0.5, 0.6) is 11.5 Å². The Morgan fingerprint density at radius 2 is 1.83 bits per heavy atom. The summed E-state index contributed by atoms with van der Waals surface area (Å²) in [5, 5.41) is 0. The molecule has 1 unspecified atom stereocenters. The van der Waals surface area contributed by atoms with Crippen molar-refractivity contribution in [3.63, 3.8) is 0 Å². The Labute approximate surface area is 171 Å². The molecule has 2 aliphatic rings. The van der Waals surface area contributed by atoms with E-state index in [1.54, 1.807) is 12.1 Å². The SMILES string of the molecule is CN1CCN(S(=O)(=O)c2ccc(N(C)CC3COc4ccccc4O3)nc2)CC1. The molecule has 156 valence electrons. The van der Waals surface area contributed by atoms with E-state index in [4.69, 9.17) is 9.47 Å². The van der Waals surface area contributed by atoms with Gasteiger partial charge < -0.3 is 19.3 Å². The highest BCUT2D eigenvalue weighted by Gasteiger charge is 2.28. The minimum absolute atomic E-state index is 0.134. The number of rotatable bonds is 5. The van der Waals surface area contributed by atoms with Crippen molar-refractivity contribution in [2.24, 2.45) is 0 Å². The van der Waals surface area contributed by atoms with E-state index >= 15 is 0 Å². The second-order valence-electron chi connectivity index (χ2n) is 7.44. The van der Waals surface area contributed by atoms with Gasteiger partial charge >= 0.3 is 0 Å². The van der Waals surface area contributed by atoms with Crippen LogP contribution in [-0.2, 0) is 10.0 Å². The van der Waals surface area contributed by atoms with Crippen LogP contribution >= 0.6 is 0 Å². The number of anilines is 1. The smallest absolute Gasteiger partial charge is 0.244 e. The summed E-state index contributed by atoms with van der Waals surface area (Å²) in [7, 11) is 0.392. The number of benzene rings is 1. The van der Waals surface area contributed by atoms with Gasteiger partial charge in [0, 0.05) is 39.4 Å². The fourth-order valence-corrected chi connectivity index (χ4v) is 4.85. The number of hydrogen-bond donors (Lipinski definition) is 0. The van der Waals surface area contributed by atoms with E-state index in [-0.39, 0.29) is 11.0 Å². The average molecular weight is 419 g/mol. The number of likely N-dealkylation sites (N-methyl/N-ethyl adjacent to an activating group) is 2. The number of nitrogens with zero attached hydrogens (tertiary/aromatic N) is 4. The molecule has 1 atom stereocenters. The molecule has 1 fully saturated rings. The predicted molar refractivity (Wildman–Crippen MR) is 110 cm³/mol. The topological polar surface area (TPSA) is 75.2 Å². The van der Waals surface area contributed by atoms with Gasteiger partial charge in [-0.05, 0) is 31.3 Å². The van der Waals surface area contributed by atoms with Crippen molar-refractivity contribution in [2.75, 3.05) is 58.3 Å². The minimum Gasteiger partial charge on any atom is -0.486 e. The van der Waals surface area contributed by atoms with Crippen molar-refractivity contribution in [1.29, 1.82) is 0 Å². The standard InChI is InChI=1S/C20H26N4O4S/c1-22-9-11-24(12-10-22)29(25,26)17-7-8-20(21-13-17)23(2)14-16-15-27-18-5-3-4-6-19(18)28-16/h3-8,13,16H,9-12,14-15H2,1-2H3. The number of para-hydroxylation sites is 2. The molecule has 0 aliphatic carbocycles. The van der Waals surface area contributed by atoms with E-state index < -0.39 is 10.0 Å². The molecule has 0 radical (unpaired) electrons. The molecule has 1 aromatic heterocycles. The Bertz CT molecular complexity index is 943.